The van der Waals surface area contributed by atoms with Crippen molar-refractivity contribution in [2.75, 3.05) is 0 Å². The molecule has 0 aliphatic carbocycles. The molecule has 0 bridgehead atoms. The van der Waals surface area contributed by atoms with Crippen LogP contribution in [0.25, 0.3) is 33.8 Å². The first-order valence-corrected chi connectivity index (χ1v) is 9.75. The number of nitrogens with zero attached hydrogens (tertiary/aromatic N) is 2. The van der Waals surface area contributed by atoms with E-state index in [9.17, 15) is 5.11 Å². The van der Waals surface area contributed by atoms with E-state index in [1.54, 1.807) is 6.07 Å². The summed E-state index contributed by atoms with van der Waals surface area (Å²) in [7, 11) is 0. The lowest BCUT2D eigenvalue weighted by Crippen LogP contribution is -2.10. The van der Waals surface area contributed by atoms with Crippen LogP contribution in [0.1, 0.15) is 26.3 Å². The van der Waals surface area contributed by atoms with Gasteiger partial charge in [-0.15, -0.1) is 0 Å². The summed E-state index contributed by atoms with van der Waals surface area (Å²) < 4.78 is 0. The van der Waals surface area contributed by atoms with Gasteiger partial charge in [0.1, 0.15) is 5.75 Å². The van der Waals surface area contributed by atoms with Gasteiger partial charge >= 0.3 is 0 Å². The Morgan fingerprint density at radius 2 is 1.34 bits per heavy atom. The van der Waals surface area contributed by atoms with Gasteiger partial charge in [-0.1, -0.05) is 87.5 Å². The fourth-order valence-corrected chi connectivity index (χ4v) is 3.35. The van der Waals surface area contributed by atoms with Crippen molar-refractivity contribution >= 4 is 0 Å². The number of aromatic nitrogens is 2. The normalized spacial score (nSPS) is 11.4. The van der Waals surface area contributed by atoms with Gasteiger partial charge < -0.3 is 5.11 Å². The van der Waals surface area contributed by atoms with Crippen LogP contribution in [-0.2, 0) is 5.41 Å². The molecule has 4 rings (SSSR count). The van der Waals surface area contributed by atoms with Crippen molar-refractivity contribution in [2.45, 2.75) is 26.2 Å². The third kappa shape index (κ3) is 3.90. The van der Waals surface area contributed by atoms with Crippen LogP contribution in [-0.4, -0.2) is 15.1 Å². The Hall–Kier alpha value is -3.46. The Balaban J connectivity index is 1.89. The van der Waals surface area contributed by atoms with Gasteiger partial charge in [0.2, 0.25) is 0 Å². The Kier molecular flexibility index (Phi) is 4.89. The topological polar surface area (TPSA) is 46.0 Å². The summed E-state index contributed by atoms with van der Waals surface area (Å²) in [5, 5.41) is 10.5. The maximum absolute atomic E-state index is 10.5. The minimum absolute atomic E-state index is 0.0900. The fourth-order valence-electron chi connectivity index (χ4n) is 3.35. The zero-order valence-electron chi connectivity index (χ0n) is 16.9. The highest BCUT2D eigenvalue weighted by molar-refractivity contribution is 5.84. The molecule has 3 nitrogen and oxygen atoms in total. The predicted molar refractivity (Wildman–Crippen MR) is 119 cm³/mol. The van der Waals surface area contributed by atoms with E-state index in [-0.39, 0.29) is 11.2 Å². The second kappa shape index (κ2) is 7.51. The van der Waals surface area contributed by atoms with Crippen molar-refractivity contribution in [2.24, 2.45) is 0 Å². The van der Waals surface area contributed by atoms with Crippen molar-refractivity contribution < 1.29 is 5.11 Å². The lowest BCUT2D eigenvalue weighted by Gasteiger charge is -2.19. The molecule has 0 amide bonds. The first-order chi connectivity index (χ1) is 13.9. The number of hydrogen-bond acceptors (Lipinski definition) is 3. The number of benzene rings is 3. The number of phenols is 1. The zero-order valence-corrected chi connectivity index (χ0v) is 16.9. The molecule has 1 heterocycles. The number of phenolic OH excluding ortho intramolecular Hbond substituents is 1. The van der Waals surface area contributed by atoms with E-state index in [1.165, 1.54) is 5.56 Å². The average molecular weight is 380 g/mol. The standard InChI is InChI=1S/C26H24N2O/c1-26(2,3)20-15-13-18(14-16-20)22-17-27-25(19-9-5-4-6-10-19)28-24(22)21-11-7-8-12-23(21)29/h4-17,29H,1-3H3. The fraction of sp³-hybridized carbons (Fsp3) is 0.154. The highest BCUT2D eigenvalue weighted by Gasteiger charge is 2.17. The molecule has 0 fully saturated rings. The maximum atomic E-state index is 10.5. The lowest BCUT2D eigenvalue weighted by molar-refractivity contribution is 0.477. The monoisotopic (exact) mass is 380 g/mol. The van der Waals surface area contributed by atoms with Crippen LogP contribution in [0.5, 0.6) is 5.75 Å². The average Bonchev–Trinajstić information content (AvgIpc) is 2.74. The molecule has 144 valence electrons. The minimum Gasteiger partial charge on any atom is -0.507 e. The third-order valence-corrected chi connectivity index (χ3v) is 5.04. The van der Waals surface area contributed by atoms with Gasteiger partial charge in [0, 0.05) is 22.9 Å². The van der Waals surface area contributed by atoms with Crippen molar-refractivity contribution in [1.29, 1.82) is 0 Å². The minimum atomic E-state index is 0.0900. The molecular weight excluding hydrogens is 356 g/mol. The molecule has 3 heteroatoms. The molecule has 0 atom stereocenters. The van der Waals surface area contributed by atoms with E-state index >= 15 is 0 Å². The van der Waals surface area contributed by atoms with Crippen LogP contribution < -0.4 is 0 Å². The SMILES string of the molecule is CC(C)(C)c1ccc(-c2cnc(-c3ccccc3)nc2-c2ccccc2O)cc1. The highest BCUT2D eigenvalue weighted by Crippen LogP contribution is 2.36. The maximum Gasteiger partial charge on any atom is 0.159 e. The number of hydrogen-bond donors (Lipinski definition) is 1. The highest BCUT2D eigenvalue weighted by atomic mass is 16.3. The van der Waals surface area contributed by atoms with E-state index in [0.29, 0.717) is 11.4 Å². The number of para-hydroxylation sites is 1. The van der Waals surface area contributed by atoms with E-state index < -0.39 is 0 Å². The van der Waals surface area contributed by atoms with Crippen molar-refractivity contribution in [3.8, 4) is 39.5 Å². The summed E-state index contributed by atoms with van der Waals surface area (Å²) in [6.45, 7) is 6.60. The summed E-state index contributed by atoms with van der Waals surface area (Å²) in [4.78, 5) is 9.47. The zero-order chi connectivity index (χ0) is 20.4. The van der Waals surface area contributed by atoms with Gasteiger partial charge in [0.15, 0.2) is 5.82 Å². The molecule has 0 saturated carbocycles. The van der Waals surface area contributed by atoms with E-state index in [4.69, 9.17) is 4.98 Å². The van der Waals surface area contributed by atoms with Crippen molar-refractivity contribution in [1.82, 2.24) is 9.97 Å². The van der Waals surface area contributed by atoms with Gasteiger partial charge in [0.05, 0.1) is 5.69 Å². The van der Waals surface area contributed by atoms with Gasteiger partial charge in [-0.25, -0.2) is 9.97 Å². The van der Waals surface area contributed by atoms with Gasteiger partial charge in [-0.05, 0) is 28.7 Å². The largest absolute Gasteiger partial charge is 0.507 e. The molecule has 1 aromatic heterocycles. The molecule has 0 radical (unpaired) electrons. The molecule has 0 spiro atoms. The van der Waals surface area contributed by atoms with E-state index in [0.717, 1.165) is 22.4 Å². The number of aromatic hydroxyl groups is 1. The van der Waals surface area contributed by atoms with E-state index in [1.807, 2.05) is 54.7 Å². The van der Waals surface area contributed by atoms with Crippen molar-refractivity contribution in [3.05, 3.63) is 90.6 Å². The summed E-state index contributed by atoms with van der Waals surface area (Å²) in [5.74, 6) is 0.844. The molecule has 0 aliphatic rings. The second-order valence-corrected chi connectivity index (χ2v) is 8.17. The van der Waals surface area contributed by atoms with E-state index in [2.05, 4.69) is 50.0 Å². The Labute approximate surface area is 171 Å². The quantitative estimate of drug-likeness (QED) is 0.442. The summed E-state index contributed by atoms with van der Waals surface area (Å²) in [6.07, 6.45) is 1.85. The molecule has 4 aromatic rings. The molecule has 29 heavy (non-hydrogen) atoms. The van der Waals surface area contributed by atoms with Crippen LogP contribution in [0, 0.1) is 0 Å². The summed E-state index contributed by atoms with van der Waals surface area (Å²) >= 11 is 0. The summed E-state index contributed by atoms with van der Waals surface area (Å²) in [5.41, 5.74) is 5.64. The molecule has 0 saturated heterocycles. The first kappa shape index (κ1) is 18.9. The smallest absolute Gasteiger partial charge is 0.159 e. The third-order valence-electron chi connectivity index (χ3n) is 5.04. The van der Waals surface area contributed by atoms with Crippen molar-refractivity contribution in [3.63, 3.8) is 0 Å². The predicted octanol–water partition coefficient (Wildman–Crippen LogP) is 6.48. The van der Waals surface area contributed by atoms with Crippen LogP contribution in [0.15, 0.2) is 85.1 Å². The molecule has 1 N–H and O–H groups in total. The molecule has 0 unspecified atom stereocenters. The Morgan fingerprint density at radius 3 is 2.00 bits per heavy atom. The summed E-state index contributed by atoms with van der Waals surface area (Å²) in [6, 6.07) is 25.7. The van der Waals surface area contributed by atoms with Gasteiger partial charge in [-0.2, -0.15) is 0 Å². The second-order valence-electron chi connectivity index (χ2n) is 8.17. The Bertz CT molecular complexity index is 1130. The lowest BCUT2D eigenvalue weighted by atomic mass is 9.86. The van der Waals surface area contributed by atoms with Crippen LogP contribution in [0.4, 0.5) is 0 Å². The molecule has 0 aliphatic heterocycles. The number of rotatable bonds is 3. The van der Waals surface area contributed by atoms with Crippen LogP contribution in [0.2, 0.25) is 0 Å². The Morgan fingerprint density at radius 1 is 0.690 bits per heavy atom. The van der Waals surface area contributed by atoms with Gasteiger partial charge in [0.25, 0.3) is 0 Å². The van der Waals surface area contributed by atoms with Crippen LogP contribution >= 0.6 is 0 Å². The van der Waals surface area contributed by atoms with Gasteiger partial charge in [-0.3, -0.25) is 0 Å². The molecule has 3 aromatic carbocycles. The molecular formula is C26H24N2O. The first-order valence-electron chi connectivity index (χ1n) is 9.75. The van der Waals surface area contributed by atoms with Crippen LogP contribution in [0.3, 0.4) is 0 Å².